The van der Waals surface area contributed by atoms with Crippen LogP contribution in [0.1, 0.15) is 26.7 Å². The molecule has 0 heterocycles. The maximum absolute atomic E-state index is 8.58. The number of amidine groups is 1. The number of nitrogens with zero attached hydrogens (tertiary/aromatic N) is 2. The SMILES string of the molecule is CC(C)CCN(CC/C(N)=N/O)c1ccccc1. The van der Waals surface area contributed by atoms with Crippen molar-refractivity contribution < 1.29 is 5.21 Å². The molecule has 0 spiro atoms. The molecule has 100 valence electrons. The molecule has 0 aliphatic rings. The van der Waals surface area contributed by atoms with E-state index < -0.39 is 0 Å². The maximum atomic E-state index is 8.58. The Kier molecular flexibility index (Phi) is 6.05. The van der Waals surface area contributed by atoms with Gasteiger partial charge in [0, 0.05) is 25.2 Å². The number of hydrogen-bond acceptors (Lipinski definition) is 3. The zero-order valence-electron chi connectivity index (χ0n) is 11.2. The second-order valence-corrected chi connectivity index (χ2v) is 4.85. The van der Waals surface area contributed by atoms with Crippen molar-refractivity contribution in [3.8, 4) is 0 Å². The van der Waals surface area contributed by atoms with Crippen LogP contribution in [0, 0.1) is 5.92 Å². The zero-order valence-corrected chi connectivity index (χ0v) is 11.2. The Balaban J connectivity index is 2.63. The largest absolute Gasteiger partial charge is 0.409 e. The summed E-state index contributed by atoms with van der Waals surface area (Å²) in [7, 11) is 0. The molecule has 0 atom stereocenters. The predicted octanol–water partition coefficient (Wildman–Crippen LogP) is 2.68. The van der Waals surface area contributed by atoms with E-state index in [1.165, 1.54) is 5.69 Å². The summed E-state index contributed by atoms with van der Waals surface area (Å²) in [5, 5.41) is 11.6. The van der Waals surface area contributed by atoms with Crippen LogP contribution >= 0.6 is 0 Å². The van der Waals surface area contributed by atoms with Crippen molar-refractivity contribution in [1.82, 2.24) is 0 Å². The lowest BCUT2D eigenvalue weighted by atomic mass is 10.1. The number of anilines is 1. The topological polar surface area (TPSA) is 61.8 Å². The molecule has 0 fully saturated rings. The van der Waals surface area contributed by atoms with Crippen LogP contribution in [0.2, 0.25) is 0 Å². The van der Waals surface area contributed by atoms with E-state index >= 15 is 0 Å². The summed E-state index contributed by atoms with van der Waals surface area (Å²) in [5.74, 6) is 0.945. The lowest BCUT2D eigenvalue weighted by molar-refractivity contribution is 0.317. The fourth-order valence-corrected chi connectivity index (χ4v) is 1.72. The molecule has 0 radical (unpaired) electrons. The highest BCUT2D eigenvalue weighted by Gasteiger charge is 2.08. The maximum Gasteiger partial charge on any atom is 0.140 e. The first-order valence-corrected chi connectivity index (χ1v) is 6.40. The highest BCUT2D eigenvalue weighted by Crippen LogP contribution is 2.15. The lowest BCUT2D eigenvalue weighted by Crippen LogP contribution is -2.29. The van der Waals surface area contributed by atoms with Crippen molar-refractivity contribution in [3.05, 3.63) is 30.3 Å². The van der Waals surface area contributed by atoms with E-state index in [-0.39, 0.29) is 5.84 Å². The molecule has 4 nitrogen and oxygen atoms in total. The Morgan fingerprint density at radius 1 is 1.28 bits per heavy atom. The third kappa shape index (κ3) is 5.08. The van der Waals surface area contributed by atoms with Gasteiger partial charge in [-0.2, -0.15) is 0 Å². The summed E-state index contributed by atoms with van der Waals surface area (Å²) in [6, 6.07) is 10.2. The van der Waals surface area contributed by atoms with E-state index in [9.17, 15) is 0 Å². The van der Waals surface area contributed by atoms with Crippen LogP contribution in [0.3, 0.4) is 0 Å². The van der Waals surface area contributed by atoms with Gasteiger partial charge in [-0.25, -0.2) is 0 Å². The van der Waals surface area contributed by atoms with Crippen molar-refractivity contribution in [1.29, 1.82) is 0 Å². The predicted molar refractivity (Wildman–Crippen MR) is 76.1 cm³/mol. The number of hydrogen-bond donors (Lipinski definition) is 2. The molecule has 0 aliphatic carbocycles. The molecule has 1 aromatic carbocycles. The van der Waals surface area contributed by atoms with Crippen LogP contribution in [0.4, 0.5) is 5.69 Å². The molecule has 1 rings (SSSR count). The summed E-state index contributed by atoms with van der Waals surface area (Å²) < 4.78 is 0. The van der Waals surface area contributed by atoms with Gasteiger partial charge in [-0.1, -0.05) is 37.2 Å². The molecule has 4 heteroatoms. The summed E-state index contributed by atoms with van der Waals surface area (Å²) in [4.78, 5) is 2.28. The van der Waals surface area contributed by atoms with Crippen molar-refractivity contribution in [3.63, 3.8) is 0 Å². The first-order valence-electron chi connectivity index (χ1n) is 6.40. The van der Waals surface area contributed by atoms with Crippen molar-refractivity contribution in [2.45, 2.75) is 26.7 Å². The summed E-state index contributed by atoms with van der Waals surface area (Å²) >= 11 is 0. The molecule has 0 bridgehead atoms. The lowest BCUT2D eigenvalue weighted by Gasteiger charge is -2.25. The van der Waals surface area contributed by atoms with E-state index in [1.807, 2.05) is 18.2 Å². The molecule has 0 aromatic heterocycles. The van der Waals surface area contributed by atoms with Crippen LogP contribution in [-0.2, 0) is 0 Å². The monoisotopic (exact) mass is 249 g/mol. The van der Waals surface area contributed by atoms with Crippen molar-refractivity contribution in [2.24, 2.45) is 16.8 Å². The quantitative estimate of drug-likeness (QED) is 0.338. The van der Waals surface area contributed by atoms with Gasteiger partial charge in [0.2, 0.25) is 0 Å². The molecule has 0 saturated carbocycles. The minimum Gasteiger partial charge on any atom is -0.409 e. The average molecular weight is 249 g/mol. The van der Waals surface area contributed by atoms with E-state index in [0.29, 0.717) is 12.3 Å². The number of nitrogens with two attached hydrogens (primary N) is 1. The smallest absolute Gasteiger partial charge is 0.140 e. The molecule has 0 amide bonds. The Bertz CT molecular complexity index is 363. The third-order valence-electron chi connectivity index (χ3n) is 2.86. The number of oxime groups is 1. The Labute approximate surface area is 109 Å². The second-order valence-electron chi connectivity index (χ2n) is 4.85. The van der Waals surface area contributed by atoms with Gasteiger partial charge in [-0.3, -0.25) is 0 Å². The Morgan fingerprint density at radius 2 is 1.94 bits per heavy atom. The van der Waals surface area contributed by atoms with Crippen molar-refractivity contribution >= 4 is 11.5 Å². The molecule has 1 aromatic rings. The van der Waals surface area contributed by atoms with Crippen molar-refractivity contribution in [2.75, 3.05) is 18.0 Å². The van der Waals surface area contributed by atoms with E-state index in [0.717, 1.165) is 19.5 Å². The summed E-state index contributed by atoms with van der Waals surface area (Å²) in [6.07, 6.45) is 1.70. The Hall–Kier alpha value is -1.71. The highest BCUT2D eigenvalue weighted by atomic mass is 16.4. The summed E-state index contributed by atoms with van der Waals surface area (Å²) in [5.41, 5.74) is 6.71. The average Bonchev–Trinajstić information content (AvgIpc) is 2.39. The standard InChI is InChI=1S/C14H23N3O/c1-12(2)8-10-17(11-9-14(15)16-18)13-6-4-3-5-7-13/h3-7,12,18H,8-11H2,1-2H3,(H2,15,16). The molecular formula is C14H23N3O. The van der Waals surface area contributed by atoms with E-state index in [2.05, 4.69) is 36.0 Å². The number of para-hydroxylation sites is 1. The third-order valence-corrected chi connectivity index (χ3v) is 2.86. The minimum atomic E-state index is 0.278. The van der Waals surface area contributed by atoms with E-state index in [4.69, 9.17) is 10.9 Å². The number of rotatable bonds is 7. The molecule has 0 unspecified atom stereocenters. The normalized spacial score (nSPS) is 11.8. The van der Waals surface area contributed by atoms with Gasteiger partial charge < -0.3 is 15.8 Å². The Morgan fingerprint density at radius 3 is 2.50 bits per heavy atom. The van der Waals surface area contributed by atoms with Crippen LogP contribution in [-0.4, -0.2) is 24.1 Å². The van der Waals surface area contributed by atoms with Crippen LogP contribution < -0.4 is 10.6 Å². The van der Waals surface area contributed by atoms with Gasteiger partial charge in [0.1, 0.15) is 5.84 Å². The van der Waals surface area contributed by atoms with Gasteiger partial charge >= 0.3 is 0 Å². The first-order chi connectivity index (χ1) is 8.63. The van der Waals surface area contributed by atoms with Crippen LogP contribution in [0.5, 0.6) is 0 Å². The summed E-state index contributed by atoms with van der Waals surface area (Å²) in [6.45, 7) is 6.19. The number of benzene rings is 1. The molecular weight excluding hydrogens is 226 g/mol. The fourth-order valence-electron chi connectivity index (χ4n) is 1.72. The molecule has 18 heavy (non-hydrogen) atoms. The van der Waals surface area contributed by atoms with Gasteiger partial charge in [0.15, 0.2) is 0 Å². The van der Waals surface area contributed by atoms with Gasteiger partial charge in [0.25, 0.3) is 0 Å². The minimum absolute atomic E-state index is 0.278. The van der Waals surface area contributed by atoms with Crippen LogP contribution in [0.25, 0.3) is 0 Å². The molecule has 0 saturated heterocycles. The highest BCUT2D eigenvalue weighted by molar-refractivity contribution is 5.80. The zero-order chi connectivity index (χ0) is 13.4. The van der Waals surface area contributed by atoms with Gasteiger partial charge in [-0.15, -0.1) is 0 Å². The van der Waals surface area contributed by atoms with E-state index in [1.54, 1.807) is 0 Å². The molecule has 0 aliphatic heterocycles. The second kappa shape index (κ2) is 7.58. The first kappa shape index (κ1) is 14.4. The van der Waals surface area contributed by atoms with Crippen LogP contribution in [0.15, 0.2) is 35.5 Å². The van der Waals surface area contributed by atoms with Gasteiger partial charge in [-0.05, 0) is 24.5 Å². The fraction of sp³-hybridized carbons (Fsp3) is 0.500. The molecule has 3 N–H and O–H groups in total. The van der Waals surface area contributed by atoms with Gasteiger partial charge in [0.05, 0.1) is 0 Å².